The second-order valence-corrected chi connectivity index (χ2v) is 7.37. The van der Waals surface area contributed by atoms with Gasteiger partial charge in [0.1, 0.15) is 17.5 Å². The second-order valence-electron chi connectivity index (χ2n) is 7.37. The Hall–Kier alpha value is -2.33. The molecule has 0 aliphatic carbocycles. The van der Waals surface area contributed by atoms with Gasteiger partial charge in [-0.3, -0.25) is 9.59 Å². The quantitative estimate of drug-likeness (QED) is 0.133. The fraction of sp³-hybridized carbons (Fsp3) is 0.591. The molecule has 4 atom stereocenters. The van der Waals surface area contributed by atoms with Crippen molar-refractivity contribution in [2.45, 2.75) is 68.9 Å². The topological polar surface area (TPSA) is 151 Å². The standard InChI is InChI=1S/C22H32O9/c1-3-5-12-20(28,18(26)14-23)22(29,16-25)21(15-24,19(27)30-13-6-4-2)31-17-10-8-7-9-11-17/h7-11,15-16,18,23,26,28-29H,3-6,12-14H2,1-2H3. The van der Waals surface area contributed by atoms with Gasteiger partial charge in [-0.05, 0) is 25.0 Å². The van der Waals surface area contributed by atoms with Gasteiger partial charge in [0.2, 0.25) is 5.60 Å². The number of carbonyl (C=O) groups is 3. The Morgan fingerprint density at radius 3 is 2.16 bits per heavy atom. The summed E-state index contributed by atoms with van der Waals surface area (Å²) in [5.41, 5.74) is -9.15. The van der Waals surface area contributed by atoms with Gasteiger partial charge in [0.25, 0.3) is 5.60 Å². The van der Waals surface area contributed by atoms with E-state index in [4.69, 9.17) is 9.47 Å². The van der Waals surface area contributed by atoms with E-state index in [2.05, 4.69) is 0 Å². The molecule has 0 saturated carbocycles. The highest BCUT2D eigenvalue weighted by Gasteiger charge is 2.71. The first-order valence-corrected chi connectivity index (χ1v) is 10.3. The summed E-state index contributed by atoms with van der Waals surface area (Å²) in [6, 6.07) is 7.43. The minimum atomic E-state index is -3.29. The summed E-state index contributed by atoms with van der Waals surface area (Å²) in [6.45, 7) is 2.40. The van der Waals surface area contributed by atoms with Gasteiger partial charge in [-0.1, -0.05) is 51.3 Å². The highest BCUT2D eigenvalue weighted by molar-refractivity contribution is 6.04. The lowest BCUT2D eigenvalue weighted by atomic mass is 9.67. The zero-order valence-electron chi connectivity index (χ0n) is 17.9. The number of para-hydroxylation sites is 1. The Morgan fingerprint density at radius 1 is 1.06 bits per heavy atom. The average Bonchev–Trinajstić information content (AvgIpc) is 2.80. The molecule has 0 fully saturated rings. The fourth-order valence-corrected chi connectivity index (χ4v) is 3.25. The molecule has 0 aliphatic rings. The molecule has 174 valence electrons. The molecule has 0 aromatic heterocycles. The predicted octanol–water partition coefficient (Wildman–Crippen LogP) is 0.551. The van der Waals surface area contributed by atoms with Gasteiger partial charge in [0.05, 0.1) is 13.2 Å². The monoisotopic (exact) mass is 440 g/mol. The number of carbonyl (C=O) groups excluding carboxylic acids is 3. The summed E-state index contributed by atoms with van der Waals surface area (Å²) in [5.74, 6) is -1.48. The third-order valence-electron chi connectivity index (χ3n) is 5.25. The molecule has 1 aromatic rings. The van der Waals surface area contributed by atoms with Crippen molar-refractivity contribution in [2.24, 2.45) is 0 Å². The maximum absolute atomic E-state index is 13.1. The van der Waals surface area contributed by atoms with E-state index in [0.29, 0.717) is 19.3 Å². The highest BCUT2D eigenvalue weighted by atomic mass is 16.6. The van der Waals surface area contributed by atoms with Gasteiger partial charge in [-0.15, -0.1) is 0 Å². The van der Waals surface area contributed by atoms with Crippen LogP contribution in [0.3, 0.4) is 0 Å². The van der Waals surface area contributed by atoms with Crippen LogP contribution in [0.5, 0.6) is 5.75 Å². The molecule has 1 rings (SSSR count). The molecule has 0 aliphatic heterocycles. The van der Waals surface area contributed by atoms with Crippen molar-refractivity contribution in [3.8, 4) is 5.75 Å². The van der Waals surface area contributed by atoms with Crippen LogP contribution in [0.25, 0.3) is 0 Å². The van der Waals surface area contributed by atoms with E-state index in [-0.39, 0.29) is 31.3 Å². The Kier molecular flexibility index (Phi) is 10.3. The van der Waals surface area contributed by atoms with Crippen LogP contribution in [0, 0.1) is 0 Å². The largest absolute Gasteiger partial charge is 0.464 e. The van der Waals surface area contributed by atoms with E-state index < -0.39 is 41.9 Å². The van der Waals surface area contributed by atoms with Gasteiger partial charge in [-0.25, -0.2) is 4.79 Å². The minimum absolute atomic E-state index is 0.0707. The van der Waals surface area contributed by atoms with E-state index in [1.807, 2.05) is 6.92 Å². The maximum Gasteiger partial charge on any atom is 0.361 e. The number of hydrogen-bond donors (Lipinski definition) is 4. The number of ether oxygens (including phenoxy) is 2. The van der Waals surface area contributed by atoms with E-state index in [9.17, 15) is 34.8 Å². The van der Waals surface area contributed by atoms with Crippen molar-refractivity contribution in [1.82, 2.24) is 0 Å². The van der Waals surface area contributed by atoms with E-state index in [0.717, 1.165) is 0 Å². The van der Waals surface area contributed by atoms with E-state index >= 15 is 0 Å². The summed E-state index contributed by atoms with van der Waals surface area (Å²) in [7, 11) is 0. The van der Waals surface area contributed by atoms with Crippen LogP contribution in [-0.4, -0.2) is 75.1 Å². The molecule has 0 amide bonds. The smallest absolute Gasteiger partial charge is 0.361 e. The Labute approximate surface area is 181 Å². The summed E-state index contributed by atoms with van der Waals surface area (Å²) < 4.78 is 10.6. The zero-order valence-corrected chi connectivity index (χ0v) is 17.9. The molecule has 0 spiro atoms. The Bertz CT molecular complexity index is 710. The third-order valence-corrected chi connectivity index (χ3v) is 5.25. The second kappa shape index (κ2) is 11.9. The molecule has 31 heavy (non-hydrogen) atoms. The number of hydrogen-bond acceptors (Lipinski definition) is 9. The Morgan fingerprint density at radius 2 is 1.68 bits per heavy atom. The number of benzene rings is 1. The molecule has 0 saturated heterocycles. The van der Waals surface area contributed by atoms with Crippen molar-refractivity contribution < 1.29 is 44.3 Å². The van der Waals surface area contributed by atoms with Crippen LogP contribution >= 0.6 is 0 Å². The molecular formula is C22H32O9. The molecular weight excluding hydrogens is 408 g/mol. The molecule has 4 N–H and O–H groups in total. The van der Waals surface area contributed by atoms with Crippen molar-refractivity contribution in [3.63, 3.8) is 0 Å². The first-order valence-electron chi connectivity index (χ1n) is 10.3. The SMILES string of the molecule is CCCCOC(=O)C(C=O)(Oc1ccccc1)C(O)(C=O)C(O)(CCCC)C(O)CO. The third kappa shape index (κ3) is 5.30. The fourth-order valence-electron chi connectivity index (χ4n) is 3.25. The molecule has 0 bridgehead atoms. The van der Waals surface area contributed by atoms with Crippen LogP contribution in [0.1, 0.15) is 46.0 Å². The van der Waals surface area contributed by atoms with Crippen molar-refractivity contribution >= 4 is 18.5 Å². The first-order chi connectivity index (χ1) is 14.7. The van der Waals surface area contributed by atoms with Crippen LogP contribution in [-0.2, 0) is 19.1 Å². The van der Waals surface area contributed by atoms with Gasteiger partial charge in [-0.2, -0.15) is 0 Å². The van der Waals surface area contributed by atoms with Gasteiger partial charge >= 0.3 is 5.97 Å². The lowest BCUT2D eigenvalue weighted by Gasteiger charge is -2.48. The Balaban J connectivity index is 3.70. The van der Waals surface area contributed by atoms with Gasteiger partial charge in [0, 0.05) is 0 Å². The van der Waals surface area contributed by atoms with Crippen LogP contribution in [0.2, 0.25) is 0 Å². The molecule has 0 radical (unpaired) electrons. The van der Waals surface area contributed by atoms with Crippen LogP contribution < -0.4 is 4.74 Å². The van der Waals surface area contributed by atoms with E-state index in [1.165, 1.54) is 24.3 Å². The number of aldehydes is 2. The normalized spacial score (nSPS) is 18.0. The molecule has 9 nitrogen and oxygen atoms in total. The van der Waals surface area contributed by atoms with Gasteiger partial charge in [0.15, 0.2) is 12.6 Å². The van der Waals surface area contributed by atoms with Gasteiger partial charge < -0.3 is 29.9 Å². The molecule has 0 heterocycles. The first kappa shape index (κ1) is 26.7. The lowest BCUT2D eigenvalue weighted by molar-refractivity contribution is -0.251. The van der Waals surface area contributed by atoms with Crippen molar-refractivity contribution in [1.29, 1.82) is 0 Å². The summed E-state index contributed by atoms with van der Waals surface area (Å²) in [6.07, 6.45) is -1.08. The van der Waals surface area contributed by atoms with Crippen molar-refractivity contribution in [2.75, 3.05) is 13.2 Å². The molecule has 1 aromatic carbocycles. The number of rotatable bonds is 15. The van der Waals surface area contributed by atoms with E-state index in [1.54, 1.807) is 13.0 Å². The number of esters is 1. The summed E-state index contributed by atoms with van der Waals surface area (Å²) in [4.78, 5) is 37.6. The average molecular weight is 440 g/mol. The predicted molar refractivity (Wildman–Crippen MR) is 110 cm³/mol. The summed E-state index contributed by atoms with van der Waals surface area (Å²) >= 11 is 0. The lowest BCUT2D eigenvalue weighted by Crippen LogP contribution is -2.78. The van der Waals surface area contributed by atoms with Crippen LogP contribution in [0.15, 0.2) is 30.3 Å². The van der Waals surface area contributed by atoms with Crippen molar-refractivity contribution in [3.05, 3.63) is 30.3 Å². The minimum Gasteiger partial charge on any atom is -0.464 e. The number of aliphatic hydroxyl groups excluding tert-OH is 2. The maximum atomic E-state index is 13.1. The number of aliphatic hydroxyl groups is 4. The zero-order chi connectivity index (χ0) is 23.5. The molecule has 9 heteroatoms. The summed E-state index contributed by atoms with van der Waals surface area (Å²) in [5, 5.41) is 42.5. The molecule has 4 unspecified atom stereocenters. The van der Waals surface area contributed by atoms with Crippen LogP contribution in [0.4, 0.5) is 0 Å². The highest BCUT2D eigenvalue weighted by Crippen LogP contribution is 2.40. The number of unbranched alkanes of at least 4 members (excludes halogenated alkanes) is 2.